The van der Waals surface area contributed by atoms with Gasteiger partial charge in [0.05, 0.1) is 0 Å². The van der Waals surface area contributed by atoms with Crippen LogP contribution in [0.15, 0.2) is 183 Å². The van der Waals surface area contributed by atoms with Crippen LogP contribution in [-0.2, 0) is 0 Å². The zero-order valence-corrected chi connectivity index (χ0v) is 29.1. The Morgan fingerprint density at radius 3 is 0.700 bits per heavy atom. The highest BCUT2D eigenvalue weighted by molar-refractivity contribution is 7.79. The predicted molar refractivity (Wildman–Crippen MR) is 199 cm³/mol. The minimum atomic E-state index is -3.96. The van der Waals surface area contributed by atoms with Gasteiger partial charge in [-0.2, -0.15) is 0 Å². The predicted octanol–water partition coefficient (Wildman–Crippen LogP) is 11.5. The maximum absolute atomic E-state index is 6.74. The molecule has 252 valence electrons. The van der Waals surface area contributed by atoms with Gasteiger partial charge in [0.2, 0.25) is 0 Å². The second kappa shape index (κ2) is 14.5. The summed E-state index contributed by atoms with van der Waals surface area (Å²) in [4.78, 5) is 0. The number of hydrogen-bond acceptors (Lipinski definition) is 11. The molecule has 6 aromatic rings. The Hall–Kier alpha value is -5.59. The second-order valence-corrected chi connectivity index (χ2v) is 16.9. The van der Waals surface area contributed by atoms with Crippen LogP contribution in [0, 0.1) is 0 Å². The molecule has 4 N–H and O–H groups in total. The van der Waals surface area contributed by atoms with E-state index in [2.05, 4.69) is 0 Å². The highest BCUT2D eigenvalue weighted by Gasteiger charge is 2.48. The molecule has 0 fully saturated rings. The first kappa shape index (κ1) is 32.9. The standard InChI is InChI=1S/C36H32N5O6P3/c37-29-21-25-35(26-22-29)46-49(44-33-17-9-3-10-18-33)39-48(42-31-13-5-1-6-14-31,43-32-15-7-2-8-16-32)40-50(41-49,45-34-19-11-4-12-20-34)47-36-27-23-30(38)24-28-36/h1-28H,37-38H2. The number of nitrogens with two attached hydrogens (primary N) is 2. The largest absolute Gasteiger partial charge is 0.460 e. The van der Waals surface area contributed by atoms with Gasteiger partial charge in [0.15, 0.2) is 0 Å². The zero-order chi connectivity index (χ0) is 34.3. The van der Waals surface area contributed by atoms with Crippen LogP contribution in [0.2, 0.25) is 0 Å². The van der Waals surface area contributed by atoms with Crippen molar-refractivity contribution in [1.29, 1.82) is 0 Å². The van der Waals surface area contributed by atoms with Crippen molar-refractivity contribution in [2.75, 3.05) is 11.5 Å². The third-order valence-electron chi connectivity index (χ3n) is 6.76. The summed E-state index contributed by atoms with van der Waals surface area (Å²) in [6, 6.07) is 50.1. The summed E-state index contributed by atoms with van der Waals surface area (Å²) in [7, 11) is -11.9. The van der Waals surface area contributed by atoms with E-state index in [9.17, 15) is 0 Å². The van der Waals surface area contributed by atoms with E-state index < -0.39 is 23.0 Å². The van der Waals surface area contributed by atoms with Gasteiger partial charge in [-0.05, 0) is 97.1 Å². The van der Waals surface area contributed by atoms with Crippen LogP contribution >= 0.6 is 23.0 Å². The van der Waals surface area contributed by atoms with Crippen molar-refractivity contribution < 1.29 is 27.1 Å². The van der Waals surface area contributed by atoms with Gasteiger partial charge < -0.3 is 38.6 Å². The molecule has 1 aliphatic rings. The minimum Gasteiger partial charge on any atom is -0.413 e. The Balaban J connectivity index is 1.55. The molecule has 14 heteroatoms. The van der Waals surface area contributed by atoms with E-state index in [1.54, 1.807) is 97.1 Å². The maximum atomic E-state index is 6.74. The van der Waals surface area contributed by atoms with Crippen LogP contribution in [0.4, 0.5) is 11.4 Å². The molecular formula is C36H32N5O6P3. The van der Waals surface area contributed by atoms with Crippen molar-refractivity contribution in [3.8, 4) is 34.5 Å². The molecule has 6 aromatic carbocycles. The van der Waals surface area contributed by atoms with E-state index in [0.29, 0.717) is 45.9 Å². The van der Waals surface area contributed by atoms with E-state index in [4.69, 9.17) is 52.2 Å². The quantitative estimate of drug-likeness (QED) is 0.0937. The molecular weight excluding hydrogens is 691 g/mol. The molecule has 0 saturated heterocycles. The van der Waals surface area contributed by atoms with E-state index in [-0.39, 0.29) is 0 Å². The van der Waals surface area contributed by atoms with Gasteiger partial charge in [0, 0.05) is 11.4 Å². The van der Waals surface area contributed by atoms with Crippen molar-refractivity contribution >= 4 is 34.4 Å². The molecule has 11 nitrogen and oxygen atoms in total. The molecule has 0 aromatic heterocycles. The van der Waals surface area contributed by atoms with Gasteiger partial charge in [-0.3, -0.25) is 0 Å². The van der Waals surface area contributed by atoms with Gasteiger partial charge in [-0.25, -0.2) is 0 Å². The SMILES string of the molecule is Nc1ccc(OP2(Oc3ccccc3)=NP(Oc3ccccc3)(Oc3ccccc3)=NP(Oc3ccccc3)(Oc3ccc(N)cc3)=N2)cc1. The molecule has 0 aliphatic carbocycles. The van der Waals surface area contributed by atoms with Crippen molar-refractivity contribution in [2.45, 2.75) is 0 Å². The summed E-state index contributed by atoms with van der Waals surface area (Å²) >= 11 is 0. The van der Waals surface area contributed by atoms with Crippen LogP contribution in [0.1, 0.15) is 0 Å². The summed E-state index contributed by atoms with van der Waals surface area (Å²) in [5.41, 5.74) is 13.2. The molecule has 50 heavy (non-hydrogen) atoms. The molecule has 2 atom stereocenters. The molecule has 1 heterocycles. The summed E-state index contributed by atoms with van der Waals surface area (Å²) in [6.45, 7) is 0. The number of nitrogens with zero attached hydrogens (tertiary/aromatic N) is 3. The number of benzene rings is 6. The van der Waals surface area contributed by atoms with Gasteiger partial charge >= 0.3 is 23.0 Å². The number of hydrogen-bond donors (Lipinski definition) is 2. The zero-order valence-electron chi connectivity index (χ0n) is 26.5. The molecule has 0 radical (unpaired) electrons. The summed E-state index contributed by atoms with van der Waals surface area (Å²) in [5.74, 6) is 2.46. The van der Waals surface area contributed by atoms with Crippen LogP contribution in [0.3, 0.4) is 0 Å². The van der Waals surface area contributed by atoms with Crippen molar-refractivity contribution in [3.05, 3.63) is 170 Å². The number of para-hydroxylation sites is 4. The van der Waals surface area contributed by atoms with Gasteiger partial charge in [0.25, 0.3) is 0 Å². The lowest BCUT2D eigenvalue weighted by atomic mass is 10.3. The normalized spacial score (nSPS) is 19.0. The third-order valence-corrected chi connectivity index (χ3v) is 14.9. The highest BCUT2D eigenvalue weighted by Crippen LogP contribution is 2.78. The molecule has 0 saturated carbocycles. The van der Waals surface area contributed by atoms with E-state index in [0.717, 1.165) is 0 Å². The lowest BCUT2D eigenvalue weighted by molar-refractivity contribution is 0.443. The fourth-order valence-corrected chi connectivity index (χ4v) is 13.6. The smallest absolute Gasteiger partial charge is 0.413 e. The van der Waals surface area contributed by atoms with E-state index in [1.165, 1.54) is 0 Å². The maximum Gasteiger partial charge on any atom is 0.460 e. The number of rotatable bonds is 12. The monoisotopic (exact) mass is 723 g/mol. The minimum absolute atomic E-state index is 0.376. The molecule has 0 spiro atoms. The molecule has 1 aliphatic heterocycles. The fraction of sp³-hybridized carbons (Fsp3) is 0. The van der Waals surface area contributed by atoms with Crippen LogP contribution in [0.5, 0.6) is 34.5 Å². The van der Waals surface area contributed by atoms with Crippen LogP contribution in [0.25, 0.3) is 0 Å². The Bertz CT molecular complexity index is 2070. The Labute approximate surface area is 290 Å². The van der Waals surface area contributed by atoms with Crippen molar-refractivity contribution in [1.82, 2.24) is 0 Å². The average molecular weight is 724 g/mol. The molecule has 2 unspecified atom stereocenters. The van der Waals surface area contributed by atoms with Gasteiger partial charge in [-0.1, -0.05) is 86.3 Å². The van der Waals surface area contributed by atoms with Crippen molar-refractivity contribution in [2.24, 2.45) is 13.5 Å². The first-order valence-electron chi connectivity index (χ1n) is 15.4. The Morgan fingerprint density at radius 2 is 0.480 bits per heavy atom. The second-order valence-electron chi connectivity index (χ2n) is 10.7. The van der Waals surface area contributed by atoms with Gasteiger partial charge in [0.1, 0.15) is 34.5 Å². The number of nitrogen functional groups attached to an aromatic ring is 2. The summed E-state index contributed by atoms with van der Waals surface area (Å²) in [5, 5.41) is 0. The van der Waals surface area contributed by atoms with E-state index >= 15 is 0 Å². The summed E-state index contributed by atoms with van der Waals surface area (Å²) < 4.78 is 55.9. The van der Waals surface area contributed by atoms with Crippen LogP contribution < -0.4 is 38.6 Å². The topological polar surface area (TPSA) is 144 Å². The Kier molecular flexibility index (Phi) is 9.54. The van der Waals surface area contributed by atoms with Crippen LogP contribution in [-0.4, -0.2) is 0 Å². The van der Waals surface area contributed by atoms with Gasteiger partial charge in [-0.15, -0.1) is 0 Å². The summed E-state index contributed by atoms with van der Waals surface area (Å²) in [6.07, 6.45) is 0. The third kappa shape index (κ3) is 8.16. The highest BCUT2D eigenvalue weighted by atomic mass is 31.3. The molecule has 0 amide bonds. The van der Waals surface area contributed by atoms with E-state index in [1.807, 2.05) is 72.8 Å². The fourth-order valence-electron chi connectivity index (χ4n) is 4.56. The first-order valence-corrected chi connectivity index (χ1v) is 20.0. The number of anilines is 2. The Morgan fingerprint density at radius 1 is 0.280 bits per heavy atom. The molecule has 7 rings (SSSR count). The average Bonchev–Trinajstić information content (AvgIpc) is 3.12. The lowest BCUT2D eigenvalue weighted by Gasteiger charge is -2.33. The first-order chi connectivity index (χ1) is 24.4. The van der Waals surface area contributed by atoms with Crippen molar-refractivity contribution in [3.63, 3.8) is 0 Å². The lowest BCUT2D eigenvalue weighted by Crippen LogP contribution is -2.11. The molecule has 0 bridgehead atoms.